The lowest BCUT2D eigenvalue weighted by atomic mass is 10.1. The van der Waals surface area contributed by atoms with Gasteiger partial charge in [0.25, 0.3) is 0 Å². The summed E-state index contributed by atoms with van der Waals surface area (Å²) in [5, 5.41) is 11.9. The highest BCUT2D eigenvalue weighted by Crippen LogP contribution is 2.19. The zero-order valence-corrected chi connectivity index (χ0v) is 14.3. The second kappa shape index (κ2) is 8.33. The van der Waals surface area contributed by atoms with Gasteiger partial charge in [0.2, 0.25) is 0 Å². The molecule has 1 fully saturated rings. The lowest BCUT2D eigenvalue weighted by Gasteiger charge is -2.17. The number of likely N-dealkylation sites (tertiary alicyclic amines) is 1. The zero-order valence-electron chi connectivity index (χ0n) is 14.3. The Balaban J connectivity index is 1.55. The zero-order chi connectivity index (χ0) is 18.4. The Kier molecular flexibility index (Phi) is 5.68. The molecule has 2 aromatic rings. The number of ether oxygens (including phenoxy) is 1. The molecule has 3 rings (SSSR count). The van der Waals surface area contributed by atoms with E-state index in [1.54, 1.807) is 18.5 Å². The van der Waals surface area contributed by atoms with Crippen molar-refractivity contribution in [3.05, 3.63) is 59.9 Å². The number of pyridine rings is 1. The number of aromatic nitrogens is 1. The van der Waals surface area contributed by atoms with Gasteiger partial charge < -0.3 is 20.1 Å². The lowest BCUT2D eigenvalue weighted by molar-refractivity contribution is -0.141. The van der Waals surface area contributed by atoms with Gasteiger partial charge in [-0.25, -0.2) is 4.79 Å². The number of hydrogen-bond acceptors (Lipinski definition) is 4. The molecule has 2 amide bonds. The number of nitrogens with zero attached hydrogens (tertiary/aromatic N) is 2. The smallest absolute Gasteiger partial charge is 0.317 e. The van der Waals surface area contributed by atoms with E-state index in [2.05, 4.69) is 10.3 Å². The van der Waals surface area contributed by atoms with E-state index in [4.69, 9.17) is 9.84 Å². The Morgan fingerprint density at radius 1 is 1.27 bits per heavy atom. The van der Waals surface area contributed by atoms with Crippen molar-refractivity contribution in [2.24, 2.45) is 5.92 Å². The number of benzene rings is 1. The van der Waals surface area contributed by atoms with Gasteiger partial charge in [-0.15, -0.1) is 0 Å². The highest BCUT2D eigenvalue weighted by atomic mass is 16.5. The SMILES string of the molecule is O=C(O)C1CCN(C(=O)NCc2ccncc2OCc2ccccc2)C1. The molecule has 0 saturated carbocycles. The number of carbonyl (C=O) groups excluding carboxylic acids is 1. The van der Waals surface area contributed by atoms with Gasteiger partial charge in [-0.05, 0) is 18.1 Å². The molecule has 0 aliphatic carbocycles. The molecule has 1 saturated heterocycles. The number of aliphatic carboxylic acids is 1. The number of nitrogens with one attached hydrogen (secondary N) is 1. The Morgan fingerprint density at radius 2 is 2.08 bits per heavy atom. The third-order valence-electron chi connectivity index (χ3n) is 4.36. The monoisotopic (exact) mass is 355 g/mol. The maximum atomic E-state index is 12.2. The van der Waals surface area contributed by atoms with Gasteiger partial charge in [0.05, 0.1) is 12.1 Å². The number of hydrogen-bond donors (Lipinski definition) is 2. The molecular weight excluding hydrogens is 334 g/mol. The summed E-state index contributed by atoms with van der Waals surface area (Å²) in [4.78, 5) is 28.9. The summed E-state index contributed by atoms with van der Waals surface area (Å²) in [5.74, 6) is -0.723. The normalized spacial score (nSPS) is 16.3. The van der Waals surface area contributed by atoms with Crippen LogP contribution in [0, 0.1) is 5.92 Å². The Bertz CT molecular complexity index is 766. The summed E-state index contributed by atoms with van der Waals surface area (Å²) in [6, 6.07) is 11.3. The van der Waals surface area contributed by atoms with Gasteiger partial charge in [0, 0.05) is 31.4 Å². The molecule has 1 atom stereocenters. The average Bonchev–Trinajstić information content (AvgIpc) is 3.16. The summed E-state index contributed by atoms with van der Waals surface area (Å²) >= 11 is 0. The number of amides is 2. The number of carboxylic acids is 1. The van der Waals surface area contributed by atoms with Crippen LogP contribution in [0.25, 0.3) is 0 Å². The van der Waals surface area contributed by atoms with Crippen LogP contribution in [0.3, 0.4) is 0 Å². The van der Waals surface area contributed by atoms with E-state index >= 15 is 0 Å². The second-order valence-electron chi connectivity index (χ2n) is 6.19. The van der Waals surface area contributed by atoms with Gasteiger partial charge in [-0.3, -0.25) is 9.78 Å². The van der Waals surface area contributed by atoms with E-state index in [-0.39, 0.29) is 12.6 Å². The maximum absolute atomic E-state index is 12.2. The standard InChI is InChI=1S/C19H21N3O4/c23-18(24)16-7-9-22(12-16)19(25)21-10-15-6-8-20-11-17(15)26-13-14-4-2-1-3-5-14/h1-6,8,11,16H,7,9-10,12-13H2,(H,21,25)(H,23,24). The van der Waals surface area contributed by atoms with Crippen molar-refractivity contribution in [1.82, 2.24) is 15.2 Å². The van der Waals surface area contributed by atoms with Crippen LogP contribution in [0.4, 0.5) is 4.79 Å². The summed E-state index contributed by atoms with van der Waals surface area (Å²) in [6.07, 6.45) is 3.76. The molecule has 7 nitrogen and oxygen atoms in total. The number of urea groups is 1. The van der Waals surface area contributed by atoms with Crippen LogP contribution < -0.4 is 10.1 Å². The molecule has 1 aliphatic rings. The third kappa shape index (κ3) is 4.50. The minimum Gasteiger partial charge on any atom is -0.487 e. The van der Waals surface area contributed by atoms with Crippen LogP contribution in [0.2, 0.25) is 0 Å². The lowest BCUT2D eigenvalue weighted by Crippen LogP contribution is -2.38. The fourth-order valence-corrected chi connectivity index (χ4v) is 2.85. The highest BCUT2D eigenvalue weighted by molar-refractivity contribution is 5.77. The predicted octanol–water partition coefficient (Wildman–Crippen LogP) is 2.28. The quantitative estimate of drug-likeness (QED) is 0.829. The van der Waals surface area contributed by atoms with Crippen molar-refractivity contribution in [1.29, 1.82) is 0 Å². The highest BCUT2D eigenvalue weighted by Gasteiger charge is 2.30. The van der Waals surface area contributed by atoms with E-state index in [1.807, 2.05) is 30.3 Å². The van der Waals surface area contributed by atoms with Gasteiger partial charge in [0.1, 0.15) is 12.4 Å². The first-order valence-corrected chi connectivity index (χ1v) is 8.48. The van der Waals surface area contributed by atoms with Crippen LogP contribution >= 0.6 is 0 Å². The van der Waals surface area contributed by atoms with Crippen molar-refractivity contribution < 1.29 is 19.4 Å². The fraction of sp³-hybridized carbons (Fsp3) is 0.316. The first-order chi connectivity index (χ1) is 12.6. The minimum atomic E-state index is -0.856. The summed E-state index contributed by atoms with van der Waals surface area (Å²) in [5.41, 5.74) is 1.86. The summed E-state index contributed by atoms with van der Waals surface area (Å²) < 4.78 is 5.82. The fourth-order valence-electron chi connectivity index (χ4n) is 2.85. The van der Waals surface area contributed by atoms with Crippen molar-refractivity contribution in [2.45, 2.75) is 19.6 Å². The second-order valence-corrected chi connectivity index (χ2v) is 6.19. The van der Waals surface area contributed by atoms with E-state index in [1.165, 1.54) is 4.90 Å². The minimum absolute atomic E-state index is 0.245. The number of carbonyl (C=O) groups is 2. The molecule has 26 heavy (non-hydrogen) atoms. The van der Waals surface area contributed by atoms with Crippen LogP contribution in [-0.4, -0.2) is 40.1 Å². The molecule has 0 radical (unpaired) electrons. The first-order valence-electron chi connectivity index (χ1n) is 8.48. The third-order valence-corrected chi connectivity index (χ3v) is 4.36. The van der Waals surface area contributed by atoms with Gasteiger partial charge >= 0.3 is 12.0 Å². The number of carboxylic acid groups (broad SMARTS) is 1. The molecule has 0 spiro atoms. The van der Waals surface area contributed by atoms with Crippen molar-refractivity contribution in [2.75, 3.05) is 13.1 Å². The van der Waals surface area contributed by atoms with Gasteiger partial charge in [-0.2, -0.15) is 0 Å². The van der Waals surface area contributed by atoms with Crippen LogP contribution in [0.5, 0.6) is 5.75 Å². The van der Waals surface area contributed by atoms with Crippen LogP contribution in [0.15, 0.2) is 48.8 Å². The molecule has 136 valence electrons. The molecule has 0 bridgehead atoms. The van der Waals surface area contributed by atoms with E-state index < -0.39 is 11.9 Å². The molecule has 7 heteroatoms. The van der Waals surface area contributed by atoms with Crippen molar-refractivity contribution >= 4 is 12.0 Å². The van der Waals surface area contributed by atoms with Crippen LogP contribution in [-0.2, 0) is 17.9 Å². The van der Waals surface area contributed by atoms with E-state index in [0.29, 0.717) is 31.9 Å². The summed E-state index contributed by atoms with van der Waals surface area (Å²) in [6.45, 7) is 1.41. The number of rotatable bonds is 6. The summed E-state index contributed by atoms with van der Waals surface area (Å²) in [7, 11) is 0. The predicted molar refractivity (Wildman–Crippen MR) is 94.6 cm³/mol. The molecule has 1 aromatic carbocycles. The maximum Gasteiger partial charge on any atom is 0.317 e. The van der Waals surface area contributed by atoms with Crippen LogP contribution in [0.1, 0.15) is 17.5 Å². The van der Waals surface area contributed by atoms with E-state index in [0.717, 1.165) is 11.1 Å². The first kappa shape index (κ1) is 17.7. The van der Waals surface area contributed by atoms with E-state index in [9.17, 15) is 9.59 Å². The van der Waals surface area contributed by atoms with Crippen molar-refractivity contribution in [3.63, 3.8) is 0 Å². The average molecular weight is 355 g/mol. The molecule has 2 N–H and O–H groups in total. The molecule has 1 unspecified atom stereocenters. The molecule has 1 aromatic heterocycles. The van der Waals surface area contributed by atoms with Crippen molar-refractivity contribution in [3.8, 4) is 5.75 Å². The Hall–Kier alpha value is -3.09. The Labute approximate surface area is 151 Å². The largest absolute Gasteiger partial charge is 0.487 e. The molecule has 1 aliphatic heterocycles. The Morgan fingerprint density at radius 3 is 2.81 bits per heavy atom. The topological polar surface area (TPSA) is 91.8 Å². The van der Waals surface area contributed by atoms with Gasteiger partial charge in [0.15, 0.2) is 0 Å². The molecular formula is C19H21N3O4. The van der Waals surface area contributed by atoms with Gasteiger partial charge in [-0.1, -0.05) is 30.3 Å². The molecule has 2 heterocycles.